The van der Waals surface area contributed by atoms with Crippen molar-refractivity contribution in [1.82, 2.24) is 15.6 Å². The van der Waals surface area contributed by atoms with E-state index >= 15 is 0 Å². The Labute approximate surface area is 184 Å². The van der Waals surface area contributed by atoms with Gasteiger partial charge in [-0.15, -0.1) is 24.0 Å². The molecule has 0 radical (unpaired) electrons. The smallest absolute Gasteiger partial charge is 0.191 e. The number of aliphatic imine (C=N–C) groups is 1. The van der Waals surface area contributed by atoms with E-state index in [1.165, 1.54) is 25.7 Å². The van der Waals surface area contributed by atoms with Crippen molar-refractivity contribution < 1.29 is 4.42 Å². The molecule has 0 bridgehead atoms. The molecule has 1 saturated carbocycles. The molecule has 2 N–H and O–H groups in total. The molecule has 1 atom stereocenters. The van der Waals surface area contributed by atoms with E-state index in [1.807, 2.05) is 30.5 Å². The van der Waals surface area contributed by atoms with Crippen molar-refractivity contribution in [2.24, 2.45) is 4.99 Å². The number of hydrogen-bond acceptors (Lipinski definition) is 4. The highest BCUT2D eigenvalue weighted by Gasteiger charge is 2.25. The largest absolute Gasteiger partial charge is 0.469 e. The maximum absolute atomic E-state index is 5.42. The van der Waals surface area contributed by atoms with E-state index in [0.29, 0.717) is 12.1 Å². The van der Waals surface area contributed by atoms with Crippen molar-refractivity contribution in [3.63, 3.8) is 0 Å². The van der Waals surface area contributed by atoms with Crippen LogP contribution in [0.1, 0.15) is 37.9 Å². The molecule has 2 aliphatic rings. The number of nitrogens with one attached hydrogen (secondary N) is 2. The van der Waals surface area contributed by atoms with Crippen LogP contribution in [0.4, 0.5) is 5.82 Å². The van der Waals surface area contributed by atoms with E-state index in [9.17, 15) is 0 Å². The molecule has 1 aliphatic heterocycles. The van der Waals surface area contributed by atoms with E-state index in [-0.39, 0.29) is 24.0 Å². The monoisotopic (exact) mass is 495 g/mol. The molecule has 3 heterocycles. The molecule has 152 valence electrons. The van der Waals surface area contributed by atoms with Gasteiger partial charge in [0.25, 0.3) is 0 Å². The number of halogens is 1. The minimum atomic E-state index is 0. The van der Waals surface area contributed by atoms with Crippen molar-refractivity contribution in [1.29, 1.82) is 0 Å². The average Bonchev–Trinajstić information content (AvgIpc) is 3.46. The van der Waals surface area contributed by atoms with Crippen molar-refractivity contribution in [2.75, 3.05) is 24.5 Å². The predicted octanol–water partition coefficient (Wildman–Crippen LogP) is 3.59. The molecule has 0 amide bonds. The van der Waals surface area contributed by atoms with Gasteiger partial charge in [0, 0.05) is 44.3 Å². The summed E-state index contributed by atoms with van der Waals surface area (Å²) in [6, 6.07) is 11.0. The summed E-state index contributed by atoms with van der Waals surface area (Å²) in [6.45, 7) is 2.71. The highest BCUT2D eigenvalue weighted by Crippen LogP contribution is 2.19. The fourth-order valence-corrected chi connectivity index (χ4v) is 3.95. The van der Waals surface area contributed by atoms with Crippen molar-refractivity contribution >= 4 is 35.8 Å². The highest BCUT2D eigenvalue weighted by atomic mass is 127. The summed E-state index contributed by atoms with van der Waals surface area (Å²) in [4.78, 5) is 11.6. The maximum Gasteiger partial charge on any atom is 0.191 e. The van der Waals surface area contributed by atoms with Crippen LogP contribution in [0, 0.1) is 0 Å². The molecule has 6 nitrogen and oxygen atoms in total. The minimum absolute atomic E-state index is 0. The van der Waals surface area contributed by atoms with Gasteiger partial charge >= 0.3 is 0 Å². The SMILES string of the molecule is I.c1ccc(N2CCC(NC(=NCCc3ccco3)NC3CCCC3)C2)nc1. The lowest BCUT2D eigenvalue weighted by Gasteiger charge is -2.22. The topological polar surface area (TPSA) is 65.7 Å². The minimum Gasteiger partial charge on any atom is -0.469 e. The second kappa shape index (κ2) is 10.7. The van der Waals surface area contributed by atoms with E-state index in [4.69, 9.17) is 9.41 Å². The van der Waals surface area contributed by atoms with Crippen LogP contribution < -0.4 is 15.5 Å². The second-order valence-electron chi connectivity index (χ2n) is 7.45. The molecule has 2 fully saturated rings. The summed E-state index contributed by atoms with van der Waals surface area (Å²) >= 11 is 0. The van der Waals surface area contributed by atoms with E-state index in [0.717, 1.165) is 50.0 Å². The van der Waals surface area contributed by atoms with E-state index < -0.39 is 0 Å². The van der Waals surface area contributed by atoms with Crippen molar-refractivity contribution in [3.8, 4) is 0 Å². The van der Waals surface area contributed by atoms with Crippen LogP contribution in [0.25, 0.3) is 0 Å². The fourth-order valence-electron chi connectivity index (χ4n) is 3.95. The van der Waals surface area contributed by atoms with Crippen LogP contribution in [-0.2, 0) is 6.42 Å². The molecule has 1 unspecified atom stereocenters. The summed E-state index contributed by atoms with van der Waals surface area (Å²) in [6.07, 6.45) is 10.6. The third-order valence-corrected chi connectivity index (χ3v) is 5.41. The summed E-state index contributed by atoms with van der Waals surface area (Å²) in [5.41, 5.74) is 0. The van der Waals surface area contributed by atoms with Crippen LogP contribution in [0.2, 0.25) is 0 Å². The number of aromatic nitrogens is 1. The summed E-state index contributed by atoms with van der Waals surface area (Å²) < 4.78 is 5.42. The number of rotatable bonds is 6. The Morgan fingerprint density at radius 2 is 1.96 bits per heavy atom. The molecular formula is C21H30IN5O. The number of nitrogens with zero attached hydrogens (tertiary/aromatic N) is 3. The molecular weight excluding hydrogens is 465 g/mol. The first-order chi connectivity index (χ1) is 13.4. The average molecular weight is 495 g/mol. The number of guanidine groups is 1. The Kier molecular flexibility index (Phi) is 8.00. The lowest BCUT2D eigenvalue weighted by atomic mass is 10.2. The molecule has 28 heavy (non-hydrogen) atoms. The second-order valence-corrected chi connectivity index (χ2v) is 7.45. The zero-order valence-electron chi connectivity index (χ0n) is 16.2. The molecule has 2 aromatic rings. The van der Waals surface area contributed by atoms with Gasteiger partial charge in [-0.3, -0.25) is 4.99 Å². The third-order valence-electron chi connectivity index (χ3n) is 5.41. The quantitative estimate of drug-likeness (QED) is 0.365. The Hall–Kier alpha value is -1.77. The summed E-state index contributed by atoms with van der Waals surface area (Å²) in [5, 5.41) is 7.31. The Morgan fingerprint density at radius 1 is 1.11 bits per heavy atom. The standard InChI is InChI=1S/C21H29N5O.HI/c1-2-7-17(6-1)24-21(23-13-10-19-8-5-15-27-19)25-18-11-14-26(16-18)20-9-3-4-12-22-20;/h3-5,8-9,12,15,17-18H,1-2,6-7,10-11,13-14,16H2,(H2,23,24,25);1H. The van der Waals surface area contributed by atoms with Crippen LogP contribution in [-0.4, -0.2) is 42.7 Å². The van der Waals surface area contributed by atoms with Crippen molar-refractivity contribution in [2.45, 2.75) is 50.6 Å². The lowest BCUT2D eigenvalue weighted by Crippen LogP contribution is -2.47. The van der Waals surface area contributed by atoms with Crippen LogP contribution >= 0.6 is 24.0 Å². The molecule has 1 aliphatic carbocycles. The number of furan rings is 1. The van der Waals surface area contributed by atoms with Gasteiger partial charge in [-0.05, 0) is 43.5 Å². The Morgan fingerprint density at radius 3 is 2.71 bits per heavy atom. The van der Waals surface area contributed by atoms with Gasteiger partial charge in [0.2, 0.25) is 0 Å². The number of hydrogen-bond donors (Lipinski definition) is 2. The Bertz CT molecular complexity index is 716. The first kappa shape index (κ1) is 21.0. The first-order valence-corrected chi connectivity index (χ1v) is 10.1. The van der Waals surface area contributed by atoms with E-state index in [1.54, 1.807) is 6.26 Å². The van der Waals surface area contributed by atoms with Crippen molar-refractivity contribution in [3.05, 3.63) is 48.6 Å². The van der Waals surface area contributed by atoms with Gasteiger partial charge in [0.05, 0.1) is 6.26 Å². The van der Waals surface area contributed by atoms with Gasteiger partial charge in [-0.25, -0.2) is 4.98 Å². The van der Waals surface area contributed by atoms with Gasteiger partial charge in [-0.1, -0.05) is 18.9 Å². The molecule has 0 aromatic carbocycles. The van der Waals surface area contributed by atoms with Gasteiger partial charge in [-0.2, -0.15) is 0 Å². The van der Waals surface area contributed by atoms with Gasteiger partial charge < -0.3 is 20.0 Å². The zero-order chi connectivity index (χ0) is 18.3. The third kappa shape index (κ3) is 5.86. The molecule has 1 saturated heterocycles. The lowest BCUT2D eigenvalue weighted by molar-refractivity contribution is 0.510. The zero-order valence-corrected chi connectivity index (χ0v) is 18.5. The van der Waals surface area contributed by atoms with Crippen LogP contribution in [0.3, 0.4) is 0 Å². The van der Waals surface area contributed by atoms with Crippen LogP contribution in [0.5, 0.6) is 0 Å². The summed E-state index contributed by atoms with van der Waals surface area (Å²) in [5.74, 6) is 2.99. The predicted molar refractivity (Wildman–Crippen MR) is 124 cm³/mol. The number of anilines is 1. The first-order valence-electron chi connectivity index (χ1n) is 10.1. The highest BCUT2D eigenvalue weighted by molar-refractivity contribution is 14.0. The molecule has 0 spiro atoms. The van der Waals surface area contributed by atoms with Crippen LogP contribution in [0.15, 0.2) is 52.2 Å². The van der Waals surface area contributed by atoms with Gasteiger partial charge in [0.1, 0.15) is 11.6 Å². The van der Waals surface area contributed by atoms with E-state index in [2.05, 4.69) is 26.6 Å². The Balaban J connectivity index is 0.00000225. The number of pyridine rings is 1. The normalized spacial score (nSPS) is 20.2. The van der Waals surface area contributed by atoms with Gasteiger partial charge in [0.15, 0.2) is 5.96 Å². The molecule has 4 rings (SSSR count). The summed E-state index contributed by atoms with van der Waals surface area (Å²) in [7, 11) is 0. The molecule has 2 aromatic heterocycles. The fraction of sp³-hybridized carbons (Fsp3) is 0.524. The molecule has 7 heteroatoms. The maximum atomic E-state index is 5.42.